The summed E-state index contributed by atoms with van der Waals surface area (Å²) in [7, 11) is 0. The topological polar surface area (TPSA) is 92.8 Å². The molecule has 98 valence electrons. The van der Waals surface area contributed by atoms with Crippen LogP contribution < -0.4 is 10.5 Å². The molecule has 0 saturated carbocycles. The number of aromatic hydroxyl groups is 1. The molecule has 0 heterocycles. The van der Waals surface area contributed by atoms with Crippen LogP contribution in [0.25, 0.3) is 0 Å². The van der Waals surface area contributed by atoms with Gasteiger partial charge in [-0.15, -0.1) is 6.58 Å². The van der Waals surface area contributed by atoms with Crippen molar-refractivity contribution in [3.05, 3.63) is 35.9 Å². The summed E-state index contributed by atoms with van der Waals surface area (Å²) in [4.78, 5) is 10.9. The lowest BCUT2D eigenvalue weighted by atomic mass is 10.0. The largest absolute Gasteiger partial charge is 0.504 e. The third-order valence-corrected chi connectivity index (χ3v) is 2.47. The molecule has 0 bridgehead atoms. The number of benzene rings is 1. The molecule has 0 aliphatic carbocycles. The van der Waals surface area contributed by atoms with E-state index in [0.29, 0.717) is 24.2 Å². The van der Waals surface area contributed by atoms with Crippen LogP contribution in [0.4, 0.5) is 0 Å². The van der Waals surface area contributed by atoms with E-state index in [1.54, 1.807) is 19.1 Å². The summed E-state index contributed by atoms with van der Waals surface area (Å²) in [5.74, 6) is -0.894. The zero-order valence-corrected chi connectivity index (χ0v) is 10.2. The van der Waals surface area contributed by atoms with E-state index in [1.165, 1.54) is 6.07 Å². The van der Waals surface area contributed by atoms with E-state index in [9.17, 15) is 9.90 Å². The fraction of sp³-hybridized carbons (Fsp3) is 0.308. The maximum Gasteiger partial charge on any atom is 0.325 e. The Morgan fingerprint density at radius 1 is 1.61 bits per heavy atom. The van der Waals surface area contributed by atoms with Gasteiger partial charge in [0.1, 0.15) is 6.04 Å². The van der Waals surface area contributed by atoms with Crippen LogP contribution in [0.3, 0.4) is 0 Å². The highest BCUT2D eigenvalue weighted by Crippen LogP contribution is 2.34. The SMILES string of the molecule is C=CCc1cc([C@H](N)C(=O)O)cc(OCC)c1O. The Hall–Kier alpha value is -2.01. The lowest BCUT2D eigenvalue weighted by Gasteiger charge is -2.14. The summed E-state index contributed by atoms with van der Waals surface area (Å²) < 4.78 is 5.26. The number of allylic oxidation sites excluding steroid dienone is 1. The zero-order chi connectivity index (χ0) is 13.7. The number of hydrogen-bond acceptors (Lipinski definition) is 4. The van der Waals surface area contributed by atoms with Crippen molar-refractivity contribution in [2.45, 2.75) is 19.4 Å². The van der Waals surface area contributed by atoms with Crippen molar-refractivity contribution in [3.63, 3.8) is 0 Å². The molecule has 0 unspecified atom stereocenters. The van der Waals surface area contributed by atoms with Gasteiger partial charge < -0.3 is 20.7 Å². The molecule has 0 saturated heterocycles. The first-order valence-electron chi connectivity index (χ1n) is 5.59. The fourth-order valence-corrected chi connectivity index (χ4v) is 1.59. The van der Waals surface area contributed by atoms with Crippen molar-refractivity contribution in [2.24, 2.45) is 5.73 Å². The van der Waals surface area contributed by atoms with Crippen LogP contribution in [0.2, 0.25) is 0 Å². The van der Waals surface area contributed by atoms with E-state index in [4.69, 9.17) is 15.6 Å². The van der Waals surface area contributed by atoms with E-state index in [0.717, 1.165) is 0 Å². The van der Waals surface area contributed by atoms with Crippen molar-refractivity contribution in [2.75, 3.05) is 6.61 Å². The first-order valence-corrected chi connectivity index (χ1v) is 5.59. The highest BCUT2D eigenvalue weighted by atomic mass is 16.5. The second-order valence-electron chi connectivity index (χ2n) is 3.77. The zero-order valence-electron chi connectivity index (χ0n) is 10.2. The Balaban J connectivity index is 3.27. The summed E-state index contributed by atoms with van der Waals surface area (Å²) in [5.41, 5.74) is 6.49. The van der Waals surface area contributed by atoms with Gasteiger partial charge in [0, 0.05) is 5.56 Å². The van der Waals surface area contributed by atoms with Crippen LogP contribution in [0, 0.1) is 0 Å². The standard InChI is InChI=1S/C13H17NO4/c1-3-5-8-6-9(11(14)13(16)17)7-10(12(8)15)18-4-2/h3,6-7,11,15H,1,4-5,14H2,2H3,(H,16,17)/t11-/m0/s1. The Kier molecular flexibility index (Phi) is 4.74. The minimum absolute atomic E-state index is 0.00177. The number of carboxylic acids is 1. The number of aliphatic carboxylic acids is 1. The molecule has 0 amide bonds. The third kappa shape index (κ3) is 3.01. The number of phenols is 1. The van der Waals surface area contributed by atoms with Gasteiger partial charge in [-0.2, -0.15) is 0 Å². The number of nitrogens with two attached hydrogens (primary N) is 1. The Labute approximate surface area is 105 Å². The number of rotatable bonds is 6. The lowest BCUT2D eigenvalue weighted by molar-refractivity contribution is -0.138. The molecule has 0 fully saturated rings. The third-order valence-electron chi connectivity index (χ3n) is 2.47. The second-order valence-corrected chi connectivity index (χ2v) is 3.77. The first kappa shape index (κ1) is 14.1. The predicted molar refractivity (Wildman–Crippen MR) is 67.7 cm³/mol. The summed E-state index contributed by atoms with van der Waals surface area (Å²) in [6.07, 6.45) is 2.02. The molecule has 1 atom stereocenters. The first-order chi connectivity index (χ1) is 8.51. The molecule has 0 aliphatic rings. The minimum Gasteiger partial charge on any atom is -0.504 e. The van der Waals surface area contributed by atoms with Crippen molar-refractivity contribution < 1.29 is 19.7 Å². The van der Waals surface area contributed by atoms with Crippen LogP contribution in [-0.2, 0) is 11.2 Å². The molecule has 0 aliphatic heterocycles. The van der Waals surface area contributed by atoms with Gasteiger partial charge in [-0.05, 0) is 31.0 Å². The highest BCUT2D eigenvalue weighted by molar-refractivity contribution is 5.76. The molecule has 0 aromatic heterocycles. The van der Waals surface area contributed by atoms with Crippen LogP contribution >= 0.6 is 0 Å². The van der Waals surface area contributed by atoms with Crippen molar-refractivity contribution >= 4 is 5.97 Å². The van der Waals surface area contributed by atoms with E-state index >= 15 is 0 Å². The molecular formula is C13H17NO4. The molecule has 0 spiro atoms. The van der Waals surface area contributed by atoms with Gasteiger partial charge in [-0.1, -0.05) is 6.08 Å². The van der Waals surface area contributed by atoms with Gasteiger partial charge in [0.2, 0.25) is 0 Å². The Morgan fingerprint density at radius 3 is 2.78 bits per heavy atom. The minimum atomic E-state index is -1.15. The molecule has 1 aromatic rings. The van der Waals surface area contributed by atoms with Crippen molar-refractivity contribution in [1.29, 1.82) is 0 Å². The van der Waals surface area contributed by atoms with E-state index in [-0.39, 0.29) is 11.5 Å². The number of carbonyl (C=O) groups is 1. The van der Waals surface area contributed by atoms with Gasteiger partial charge >= 0.3 is 5.97 Å². The van der Waals surface area contributed by atoms with E-state index in [2.05, 4.69) is 6.58 Å². The van der Waals surface area contributed by atoms with Gasteiger partial charge in [0.15, 0.2) is 11.5 Å². The van der Waals surface area contributed by atoms with Gasteiger partial charge in [0.05, 0.1) is 6.61 Å². The predicted octanol–water partition coefficient (Wildman–Crippen LogP) is 1.60. The van der Waals surface area contributed by atoms with Crippen LogP contribution in [0.15, 0.2) is 24.8 Å². The van der Waals surface area contributed by atoms with Crippen LogP contribution in [0.5, 0.6) is 11.5 Å². The molecule has 5 nitrogen and oxygen atoms in total. The Bertz CT molecular complexity index is 457. The molecule has 18 heavy (non-hydrogen) atoms. The average molecular weight is 251 g/mol. The summed E-state index contributed by atoms with van der Waals surface area (Å²) in [6, 6.07) is 1.86. The molecule has 5 heteroatoms. The van der Waals surface area contributed by atoms with Crippen molar-refractivity contribution in [1.82, 2.24) is 0 Å². The monoisotopic (exact) mass is 251 g/mol. The maximum atomic E-state index is 10.9. The number of hydrogen-bond donors (Lipinski definition) is 3. The molecule has 1 rings (SSSR count). The lowest BCUT2D eigenvalue weighted by Crippen LogP contribution is -2.20. The summed E-state index contributed by atoms with van der Waals surface area (Å²) in [6.45, 7) is 5.72. The van der Waals surface area contributed by atoms with Gasteiger partial charge in [-0.25, -0.2) is 0 Å². The number of carboxylic acid groups (broad SMARTS) is 1. The quantitative estimate of drug-likeness (QED) is 0.668. The van der Waals surface area contributed by atoms with Crippen LogP contribution in [0.1, 0.15) is 24.1 Å². The molecular weight excluding hydrogens is 234 g/mol. The molecule has 0 radical (unpaired) electrons. The fourth-order valence-electron chi connectivity index (χ4n) is 1.59. The highest BCUT2D eigenvalue weighted by Gasteiger charge is 2.18. The summed E-state index contributed by atoms with van der Waals surface area (Å²) >= 11 is 0. The Morgan fingerprint density at radius 2 is 2.28 bits per heavy atom. The smallest absolute Gasteiger partial charge is 0.325 e. The number of phenolic OH excluding ortho intramolecular Hbond substituents is 1. The number of ether oxygens (including phenoxy) is 1. The second kappa shape index (κ2) is 6.07. The normalized spacial score (nSPS) is 11.9. The van der Waals surface area contributed by atoms with E-state index < -0.39 is 12.0 Å². The van der Waals surface area contributed by atoms with Crippen molar-refractivity contribution in [3.8, 4) is 11.5 Å². The van der Waals surface area contributed by atoms with Gasteiger partial charge in [-0.3, -0.25) is 4.79 Å². The molecule has 1 aromatic carbocycles. The van der Waals surface area contributed by atoms with Gasteiger partial charge in [0.25, 0.3) is 0 Å². The average Bonchev–Trinajstić information content (AvgIpc) is 2.33. The maximum absolute atomic E-state index is 10.9. The van der Waals surface area contributed by atoms with Crippen LogP contribution in [-0.4, -0.2) is 22.8 Å². The van der Waals surface area contributed by atoms with E-state index in [1.807, 2.05) is 0 Å². The molecule has 4 N–H and O–H groups in total. The summed E-state index contributed by atoms with van der Waals surface area (Å²) in [5, 5.41) is 18.8.